The molecule has 0 radical (unpaired) electrons. The number of rotatable bonds is 5. The lowest BCUT2D eigenvalue weighted by atomic mass is 10.1. The summed E-state index contributed by atoms with van der Waals surface area (Å²) in [7, 11) is 1.48. The molecule has 0 saturated heterocycles. The zero-order valence-electron chi connectivity index (χ0n) is 11.4. The Labute approximate surface area is 107 Å². The number of carboxylic acid groups (broad SMARTS) is 1. The summed E-state index contributed by atoms with van der Waals surface area (Å²) >= 11 is 0. The van der Waals surface area contributed by atoms with Crippen LogP contribution in [0.3, 0.4) is 0 Å². The first kappa shape index (κ1) is 14.5. The van der Waals surface area contributed by atoms with Gasteiger partial charge in [-0.05, 0) is 19.3 Å². The minimum absolute atomic E-state index is 0.0451. The second-order valence-corrected chi connectivity index (χ2v) is 5.04. The van der Waals surface area contributed by atoms with Gasteiger partial charge in [-0.15, -0.1) is 0 Å². The second-order valence-electron chi connectivity index (χ2n) is 5.04. The van der Waals surface area contributed by atoms with Crippen LogP contribution in [0.25, 0.3) is 0 Å². The number of amides is 2. The van der Waals surface area contributed by atoms with Crippen molar-refractivity contribution in [3.8, 4) is 0 Å². The molecule has 0 aliphatic carbocycles. The van der Waals surface area contributed by atoms with Gasteiger partial charge in [0.25, 0.3) is 0 Å². The van der Waals surface area contributed by atoms with Crippen LogP contribution in [0.2, 0.25) is 0 Å². The van der Waals surface area contributed by atoms with Crippen molar-refractivity contribution in [2.75, 3.05) is 13.6 Å². The lowest BCUT2D eigenvalue weighted by Gasteiger charge is -2.20. The Bertz CT molecular complexity index is 366. The van der Waals surface area contributed by atoms with Gasteiger partial charge in [-0.25, -0.2) is 9.80 Å². The van der Waals surface area contributed by atoms with Crippen LogP contribution in [0, 0.1) is 5.92 Å². The molecule has 0 saturated carbocycles. The fourth-order valence-corrected chi connectivity index (χ4v) is 1.67. The number of hydrogen-bond donors (Lipinski definition) is 1. The third kappa shape index (κ3) is 3.45. The minimum Gasteiger partial charge on any atom is -0.465 e. The number of nitrogens with zero attached hydrogens (tertiary/aromatic N) is 3. The van der Waals surface area contributed by atoms with Crippen LogP contribution in [0.5, 0.6) is 0 Å². The van der Waals surface area contributed by atoms with Crippen LogP contribution in [-0.4, -0.2) is 52.4 Å². The number of carbonyl (C=O) groups is 2. The maximum absolute atomic E-state index is 11.7. The molecule has 0 spiro atoms. The van der Waals surface area contributed by atoms with E-state index in [0.717, 1.165) is 11.3 Å². The Balaban J connectivity index is 2.65. The average Bonchev–Trinajstić information content (AvgIpc) is 2.66. The zero-order chi connectivity index (χ0) is 13.9. The van der Waals surface area contributed by atoms with E-state index in [0.29, 0.717) is 18.2 Å². The van der Waals surface area contributed by atoms with Gasteiger partial charge in [-0.3, -0.25) is 4.79 Å². The van der Waals surface area contributed by atoms with Gasteiger partial charge < -0.3 is 10.0 Å². The molecule has 18 heavy (non-hydrogen) atoms. The molecule has 102 valence electrons. The van der Waals surface area contributed by atoms with Crippen molar-refractivity contribution in [2.45, 2.75) is 39.7 Å². The van der Waals surface area contributed by atoms with Crippen LogP contribution >= 0.6 is 0 Å². The van der Waals surface area contributed by atoms with Gasteiger partial charge in [0.15, 0.2) is 0 Å². The molecule has 1 aliphatic rings. The Morgan fingerprint density at radius 1 is 1.50 bits per heavy atom. The predicted octanol–water partition coefficient (Wildman–Crippen LogP) is 1.62. The van der Waals surface area contributed by atoms with E-state index < -0.39 is 6.09 Å². The molecule has 6 heteroatoms. The fourth-order valence-electron chi connectivity index (χ4n) is 1.67. The lowest BCUT2D eigenvalue weighted by Crippen LogP contribution is -2.39. The summed E-state index contributed by atoms with van der Waals surface area (Å²) in [5.74, 6) is 0.465. The van der Waals surface area contributed by atoms with Gasteiger partial charge >= 0.3 is 6.09 Å². The summed E-state index contributed by atoms with van der Waals surface area (Å²) in [6.45, 7) is 6.52. The largest absolute Gasteiger partial charge is 0.465 e. The smallest absolute Gasteiger partial charge is 0.407 e. The fraction of sp³-hybridized carbons (Fsp3) is 0.750. The zero-order valence-corrected chi connectivity index (χ0v) is 11.4. The number of carbonyl (C=O) groups excluding carboxylic acids is 1. The molecule has 1 aliphatic heterocycles. The molecule has 1 atom stereocenters. The maximum atomic E-state index is 11.7. The quantitative estimate of drug-likeness (QED) is 0.811. The van der Waals surface area contributed by atoms with Crippen LogP contribution in [0.4, 0.5) is 4.79 Å². The monoisotopic (exact) mass is 255 g/mol. The minimum atomic E-state index is -1.02. The van der Waals surface area contributed by atoms with Crippen LogP contribution in [-0.2, 0) is 4.79 Å². The molecule has 6 nitrogen and oxygen atoms in total. The highest BCUT2D eigenvalue weighted by Gasteiger charge is 2.30. The normalized spacial score (nSPS) is 17.1. The van der Waals surface area contributed by atoms with Gasteiger partial charge in [-0.1, -0.05) is 13.8 Å². The first-order valence-electron chi connectivity index (χ1n) is 6.16. The van der Waals surface area contributed by atoms with E-state index in [2.05, 4.69) is 18.9 Å². The van der Waals surface area contributed by atoms with E-state index in [9.17, 15) is 9.59 Å². The van der Waals surface area contributed by atoms with Crippen molar-refractivity contribution >= 4 is 17.7 Å². The third-order valence-electron chi connectivity index (χ3n) is 3.15. The van der Waals surface area contributed by atoms with Crippen LogP contribution in [0.15, 0.2) is 5.10 Å². The summed E-state index contributed by atoms with van der Waals surface area (Å²) in [5, 5.41) is 14.6. The summed E-state index contributed by atoms with van der Waals surface area (Å²) in [6, 6.07) is -0.365. The van der Waals surface area contributed by atoms with Gasteiger partial charge in [-0.2, -0.15) is 5.10 Å². The van der Waals surface area contributed by atoms with E-state index in [1.165, 1.54) is 12.1 Å². The summed E-state index contributed by atoms with van der Waals surface area (Å²) in [5.41, 5.74) is 0.619. The van der Waals surface area contributed by atoms with Crippen molar-refractivity contribution in [3.05, 3.63) is 0 Å². The van der Waals surface area contributed by atoms with E-state index >= 15 is 0 Å². The van der Waals surface area contributed by atoms with Crippen LogP contribution in [0.1, 0.15) is 33.6 Å². The molecule has 1 heterocycles. The summed E-state index contributed by atoms with van der Waals surface area (Å²) < 4.78 is 0. The first-order valence-corrected chi connectivity index (χ1v) is 6.16. The van der Waals surface area contributed by atoms with E-state index in [1.54, 1.807) is 6.92 Å². The van der Waals surface area contributed by atoms with Crippen molar-refractivity contribution in [3.63, 3.8) is 0 Å². The molecule has 2 amide bonds. The van der Waals surface area contributed by atoms with E-state index in [-0.39, 0.29) is 18.4 Å². The third-order valence-corrected chi connectivity index (χ3v) is 3.15. The summed E-state index contributed by atoms with van der Waals surface area (Å²) in [4.78, 5) is 23.8. The highest BCUT2D eigenvalue weighted by Crippen LogP contribution is 2.15. The van der Waals surface area contributed by atoms with E-state index in [4.69, 9.17) is 5.11 Å². The van der Waals surface area contributed by atoms with Crippen molar-refractivity contribution in [1.82, 2.24) is 9.91 Å². The Morgan fingerprint density at radius 3 is 2.61 bits per heavy atom. The van der Waals surface area contributed by atoms with Crippen molar-refractivity contribution in [2.24, 2.45) is 11.0 Å². The number of hydrazone groups is 1. The molecule has 0 aromatic carbocycles. The Kier molecular flexibility index (Phi) is 4.69. The molecular formula is C12H21N3O3. The molecule has 0 bridgehead atoms. The highest BCUT2D eigenvalue weighted by atomic mass is 16.4. The van der Waals surface area contributed by atoms with Crippen molar-refractivity contribution < 1.29 is 14.7 Å². The van der Waals surface area contributed by atoms with Crippen LogP contribution < -0.4 is 0 Å². The van der Waals surface area contributed by atoms with Gasteiger partial charge in [0, 0.05) is 13.6 Å². The van der Waals surface area contributed by atoms with Gasteiger partial charge in [0.2, 0.25) is 5.91 Å². The van der Waals surface area contributed by atoms with Gasteiger partial charge in [0.1, 0.15) is 0 Å². The Morgan fingerprint density at radius 2 is 2.11 bits per heavy atom. The predicted molar refractivity (Wildman–Crippen MR) is 68.5 cm³/mol. The molecular weight excluding hydrogens is 234 g/mol. The Hall–Kier alpha value is -1.59. The first-order chi connectivity index (χ1) is 8.32. The molecule has 1 N–H and O–H groups in total. The van der Waals surface area contributed by atoms with Gasteiger partial charge in [0.05, 0.1) is 18.2 Å². The molecule has 1 unspecified atom stereocenters. The van der Waals surface area contributed by atoms with Crippen molar-refractivity contribution in [1.29, 1.82) is 0 Å². The lowest BCUT2D eigenvalue weighted by molar-refractivity contribution is -0.128. The number of hydrogen-bond acceptors (Lipinski definition) is 3. The molecule has 0 aromatic heterocycles. The second kappa shape index (κ2) is 5.84. The van der Waals surface area contributed by atoms with E-state index in [1.807, 2.05) is 0 Å². The SMILES string of the molecule is CC(C)CCN1N=C(C(C)N(C)C(=O)O)CC1=O. The average molecular weight is 255 g/mol. The standard InChI is InChI=1S/C12H21N3O3/c1-8(2)5-6-15-11(16)7-10(13-15)9(3)14(4)12(17)18/h8-9H,5-7H2,1-4H3,(H,17,18). The summed E-state index contributed by atoms with van der Waals surface area (Å²) in [6.07, 6.45) is 0.0982. The molecule has 0 aromatic rings. The maximum Gasteiger partial charge on any atom is 0.407 e. The molecule has 1 rings (SSSR count). The highest BCUT2D eigenvalue weighted by molar-refractivity contribution is 6.07. The molecule has 0 fully saturated rings. The topological polar surface area (TPSA) is 73.2 Å².